The topological polar surface area (TPSA) is 26.3 Å². The van der Waals surface area contributed by atoms with Crippen LogP contribution in [0.15, 0.2) is 12.7 Å². The fraction of sp³-hybridized carbons (Fsp3) is 0.842. The van der Waals surface area contributed by atoms with Crippen LogP contribution in [0.5, 0.6) is 0 Å². The number of rotatable bonds is 15. The minimum absolute atomic E-state index is 0.281. The van der Waals surface area contributed by atoms with Gasteiger partial charge < -0.3 is 4.74 Å². The lowest BCUT2D eigenvalue weighted by Gasteiger charge is -2.16. The van der Waals surface area contributed by atoms with Crippen LogP contribution in [0.25, 0.3) is 0 Å². The molecule has 0 heterocycles. The van der Waals surface area contributed by atoms with E-state index >= 15 is 0 Å². The molecule has 0 aromatic heterocycles. The van der Waals surface area contributed by atoms with E-state index in [1.165, 1.54) is 83.1 Å². The molecule has 0 bridgehead atoms. The predicted octanol–water partition coefficient (Wildman–Crippen LogP) is 6.05. The van der Waals surface area contributed by atoms with Crippen molar-refractivity contribution in [2.45, 2.75) is 90.9 Å². The summed E-state index contributed by atoms with van der Waals surface area (Å²) in [6.45, 7) is 8.52. The summed E-state index contributed by atoms with van der Waals surface area (Å²) in [4.78, 5) is 11.2. The Morgan fingerprint density at radius 1 is 0.905 bits per heavy atom. The summed E-state index contributed by atoms with van der Waals surface area (Å²) in [5.74, 6) is 0.258. The molecule has 1 atom stereocenters. The van der Waals surface area contributed by atoms with E-state index < -0.39 is 0 Å². The Bertz CT molecular complexity index is 248. The van der Waals surface area contributed by atoms with Crippen LogP contribution in [0, 0.1) is 5.92 Å². The van der Waals surface area contributed by atoms with Gasteiger partial charge in [0.2, 0.25) is 0 Å². The lowest BCUT2D eigenvalue weighted by Crippen LogP contribution is -2.13. The maximum Gasteiger partial charge on any atom is 0.330 e. The zero-order valence-corrected chi connectivity index (χ0v) is 14.4. The van der Waals surface area contributed by atoms with Crippen molar-refractivity contribution in [2.75, 3.05) is 6.61 Å². The maximum absolute atomic E-state index is 11.2. The fourth-order valence-corrected chi connectivity index (χ4v) is 2.64. The number of unbranched alkanes of at least 4 members (excludes halogenated alkanes) is 8. The number of esters is 1. The van der Waals surface area contributed by atoms with Gasteiger partial charge in [0.15, 0.2) is 0 Å². The SMILES string of the molecule is C=CC(=O)OCC(CCCCCC)CCCCCCCC. The first-order chi connectivity index (χ1) is 10.2. The molecule has 0 saturated heterocycles. The summed E-state index contributed by atoms with van der Waals surface area (Å²) in [6.07, 6.45) is 16.8. The van der Waals surface area contributed by atoms with E-state index in [1.54, 1.807) is 0 Å². The Balaban J connectivity index is 3.82. The molecule has 0 fully saturated rings. The molecule has 0 aliphatic carbocycles. The van der Waals surface area contributed by atoms with Crippen molar-refractivity contribution in [3.63, 3.8) is 0 Å². The van der Waals surface area contributed by atoms with E-state index in [0.29, 0.717) is 12.5 Å². The molecule has 0 saturated carbocycles. The first-order valence-electron chi connectivity index (χ1n) is 9.03. The van der Waals surface area contributed by atoms with Crippen LogP contribution in [0.4, 0.5) is 0 Å². The molecule has 2 nitrogen and oxygen atoms in total. The van der Waals surface area contributed by atoms with Gasteiger partial charge in [0, 0.05) is 6.08 Å². The molecule has 0 amide bonds. The molecular weight excluding hydrogens is 260 g/mol. The van der Waals surface area contributed by atoms with Crippen LogP contribution in [-0.2, 0) is 9.53 Å². The van der Waals surface area contributed by atoms with E-state index in [4.69, 9.17) is 4.74 Å². The second-order valence-corrected chi connectivity index (χ2v) is 6.11. The van der Waals surface area contributed by atoms with E-state index in [9.17, 15) is 4.79 Å². The number of hydrogen-bond acceptors (Lipinski definition) is 2. The van der Waals surface area contributed by atoms with Gasteiger partial charge in [-0.3, -0.25) is 0 Å². The second kappa shape index (κ2) is 15.6. The molecule has 124 valence electrons. The van der Waals surface area contributed by atoms with Gasteiger partial charge in [-0.15, -0.1) is 0 Å². The van der Waals surface area contributed by atoms with Crippen molar-refractivity contribution < 1.29 is 9.53 Å². The van der Waals surface area contributed by atoms with Gasteiger partial charge in [-0.1, -0.05) is 84.6 Å². The molecule has 0 radical (unpaired) electrons. The van der Waals surface area contributed by atoms with Crippen LogP contribution < -0.4 is 0 Å². The summed E-state index contributed by atoms with van der Waals surface area (Å²) < 4.78 is 5.25. The lowest BCUT2D eigenvalue weighted by atomic mass is 9.95. The monoisotopic (exact) mass is 296 g/mol. The molecule has 0 aliphatic rings. The minimum atomic E-state index is -0.281. The molecular formula is C19H36O2. The van der Waals surface area contributed by atoms with Gasteiger partial charge in [-0.2, -0.15) is 0 Å². The normalized spacial score (nSPS) is 12.1. The zero-order chi connectivity index (χ0) is 15.8. The Morgan fingerprint density at radius 3 is 1.90 bits per heavy atom. The van der Waals surface area contributed by atoms with Gasteiger partial charge in [0.1, 0.15) is 0 Å². The Kier molecular flexibility index (Phi) is 15.0. The summed E-state index contributed by atoms with van der Waals surface area (Å²) in [5, 5.41) is 0. The van der Waals surface area contributed by atoms with E-state index in [2.05, 4.69) is 20.4 Å². The first-order valence-corrected chi connectivity index (χ1v) is 9.03. The largest absolute Gasteiger partial charge is 0.462 e. The Morgan fingerprint density at radius 2 is 1.38 bits per heavy atom. The van der Waals surface area contributed by atoms with Gasteiger partial charge in [0.05, 0.1) is 6.61 Å². The molecule has 0 aliphatic heterocycles. The van der Waals surface area contributed by atoms with Crippen molar-refractivity contribution in [3.8, 4) is 0 Å². The average Bonchev–Trinajstić information content (AvgIpc) is 2.51. The van der Waals surface area contributed by atoms with Gasteiger partial charge in [-0.25, -0.2) is 4.79 Å². The molecule has 0 spiro atoms. The zero-order valence-electron chi connectivity index (χ0n) is 14.4. The van der Waals surface area contributed by atoms with E-state index in [1.807, 2.05) is 0 Å². The molecule has 0 N–H and O–H groups in total. The third-order valence-corrected chi connectivity index (χ3v) is 4.06. The summed E-state index contributed by atoms with van der Waals surface area (Å²) in [5.41, 5.74) is 0. The standard InChI is InChI=1S/C19H36O2/c1-4-7-9-11-12-14-16-18(15-13-10-8-5-2)17-21-19(20)6-3/h6,18H,3-5,7-17H2,1-2H3. The third kappa shape index (κ3) is 13.9. The number of ether oxygens (including phenoxy) is 1. The van der Waals surface area contributed by atoms with E-state index in [0.717, 1.165) is 0 Å². The highest BCUT2D eigenvalue weighted by molar-refractivity contribution is 5.81. The van der Waals surface area contributed by atoms with Crippen molar-refractivity contribution in [1.29, 1.82) is 0 Å². The Labute approximate surface area is 132 Å². The quantitative estimate of drug-likeness (QED) is 0.209. The van der Waals surface area contributed by atoms with Crippen molar-refractivity contribution >= 4 is 5.97 Å². The second-order valence-electron chi connectivity index (χ2n) is 6.11. The molecule has 21 heavy (non-hydrogen) atoms. The number of carbonyl (C=O) groups is 1. The maximum atomic E-state index is 11.2. The highest BCUT2D eigenvalue weighted by atomic mass is 16.5. The van der Waals surface area contributed by atoms with Crippen LogP contribution in [0.1, 0.15) is 90.9 Å². The Hall–Kier alpha value is -0.790. The molecule has 2 heteroatoms. The summed E-state index contributed by atoms with van der Waals surface area (Å²) in [7, 11) is 0. The highest BCUT2D eigenvalue weighted by Crippen LogP contribution is 2.19. The van der Waals surface area contributed by atoms with Crippen molar-refractivity contribution in [3.05, 3.63) is 12.7 Å². The minimum Gasteiger partial charge on any atom is -0.462 e. The summed E-state index contributed by atoms with van der Waals surface area (Å²) in [6, 6.07) is 0. The van der Waals surface area contributed by atoms with Crippen LogP contribution in [0.2, 0.25) is 0 Å². The van der Waals surface area contributed by atoms with Crippen LogP contribution >= 0.6 is 0 Å². The molecule has 1 unspecified atom stereocenters. The average molecular weight is 296 g/mol. The number of hydrogen-bond donors (Lipinski definition) is 0. The van der Waals surface area contributed by atoms with Crippen LogP contribution in [0.3, 0.4) is 0 Å². The fourth-order valence-electron chi connectivity index (χ4n) is 2.64. The van der Waals surface area contributed by atoms with Crippen molar-refractivity contribution in [2.24, 2.45) is 5.92 Å². The van der Waals surface area contributed by atoms with Gasteiger partial charge in [-0.05, 0) is 18.8 Å². The van der Waals surface area contributed by atoms with E-state index in [-0.39, 0.29) is 5.97 Å². The lowest BCUT2D eigenvalue weighted by molar-refractivity contribution is -0.139. The summed E-state index contributed by atoms with van der Waals surface area (Å²) >= 11 is 0. The van der Waals surface area contributed by atoms with Gasteiger partial charge in [0.25, 0.3) is 0 Å². The smallest absolute Gasteiger partial charge is 0.330 e. The third-order valence-electron chi connectivity index (χ3n) is 4.06. The number of carbonyl (C=O) groups excluding carboxylic acids is 1. The van der Waals surface area contributed by atoms with Gasteiger partial charge >= 0.3 is 5.97 Å². The van der Waals surface area contributed by atoms with Crippen LogP contribution in [-0.4, -0.2) is 12.6 Å². The molecule has 0 aromatic carbocycles. The predicted molar refractivity (Wildman–Crippen MR) is 91.4 cm³/mol. The first kappa shape index (κ1) is 20.2. The van der Waals surface area contributed by atoms with Crippen molar-refractivity contribution in [1.82, 2.24) is 0 Å². The highest BCUT2D eigenvalue weighted by Gasteiger charge is 2.10. The molecule has 0 rings (SSSR count). The molecule has 0 aromatic rings.